The van der Waals surface area contributed by atoms with E-state index < -0.39 is 31.3 Å². The molecule has 0 aliphatic rings. The molecule has 0 fully saturated rings. The first kappa shape index (κ1) is 26.4. The van der Waals surface area contributed by atoms with Crippen LogP contribution in [0.5, 0.6) is 5.75 Å². The molecule has 180 valence electrons. The minimum atomic E-state index is -1.21. The summed E-state index contributed by atoms with van der Waals surface area (Å²) in [4.78, 5) is 10.7. The number of carboxylic acids is 1. The number of aromatic nitrogens is 3. The van der Waals surface area contributed by atoms with Gasteiger partial charge in [0.2, 0.25) is 0 Å². The number of fused-ring (bicyclic) bond motifs is 1. The summed E-state index contributed by atoms with van der Waals surface area (Å²) in [6.45, 7) is 2.50. The molecule has 0 aliphatic carbocycles. The summed E-state index contributed by atoms with van der Waals surface area (Å²) >= 11 is 6.30. The maximum absolute atomic E-state index is 10.7. The van der Waals surface area contributed by atoms with Crippen molar-refractivity contribution >= 4 is 28.5 Å². The number of aliphatic hydroxyl groups excluding tert-OH is 3. The van der Waals surface area contributed by atoms with Crippen LogP contribution >= 0.6 is 11.6 Å². The number of nitrogens with zero attached hydrogens (tertiary/aromatic N) is 3. The van der Waals surface area contributed by atoms with Crippen LogP contribution in [0.25, 0.3) is 11.0 Å². The molecule has 0 saturated heterocycles. The summed E-state index contributed by atoms with van der Waals surface area (Å²) < 4.78 is 11.1. The van der Waals surface area contributed by atoms with Crippen molar-refractivity contribution in [2.45, 2.75) is 38.3 Å². The number of hydrogen-bond donors (Lipinski definition) is 5. The monoisotopic (exact) mass is 482 g/mol. The highest BCUT2D eigenvalue weighted by molar-refractivity contribution is 6.32. The first-order chi connectivity index (χ1) is 15.6. The largest absolute Gasteiger partial charge is 0.483 e. The van der Waals surface area contributed by atoms with Gasteiger partial charge in [-0.25, -0.2) is 0 Å². The summed E-state index contributed by atoms with van der Waals surface area (Å²) in [7, 11) is 0. The van der Waals surface area contributed by atoms with E-state index in [1.165, 1.54) is 0 Å². The average molecular weight is 483 g/mol. The van der Waals surface area contributed by atoms with Gasteiger partial charge in [-0.1, -0.05) is 16.8 Å². The number of rotatable bonds is 9. The lowest BCUT2D eigenvalue weighted by Gasteiger charge is -2.20. The Morgan fingerprint density at radius 2 is 1.88 bits per heavy atom. The molecule has 1 aromatic carbocycles. The zero-order chi connectivity index (χ0) is 24.6. The standard InChI is InChI=1S/C17H16ClN3O4.C4H11NO3/c1-9-3-4-13(20-19-9)10(2)24-16-8-15-11(7-12(16)18)14(21-25-15)5-6-17(22)23;5-4(1-6,2-7)3-8/h3-4,7-8,10H,5-6H2,1-2H3,(H,22,23);6-8H,1-3,5H2/t10-;/m1./s1. The van der Waals surface area contributed by atoms with Gasteiger partial charge in [-0.3, -0.25) is 4.79 Å². The van der Waals surface area contributed by atoms with E-state index in [2.05, 4.69) is 15.4 Å². The molecule has 6 N–H and O–H groups in total. The summed E-state index contributed by atoms with van der Waals surface area (Å²) in [5.74, 6) is -0.458. The second-order valence-electron chi connectivity index (χ2n) is 7.50. The van der Waals surface area contributed by atoms with Crippen molar-refractivity contribution in [2.75, 3.05) is 19.8 Å². The van der Waals surface area contributed by atoms with Crippen LogP contribution in [0.1, 0.15) is 36.5 Å². The number of carbonyl (C=O) groups is 1. The molecule has 0 spiro atoms. The summed E-state index contributed by atoms with van der Waals surface area (Å²) in [6, 6.07) is 7.02. The van der Waals surface area contributed by atoms with E-state index in [9.17, 15) is 4.79 Å². The van der Waals surface area contributed by atoms with Gasteiger partial charge in [0.15, 0.2) is 5.58 Å². The SMILES string of the molecule is Cc1ccc([C@@H](C)Oc2cc3onc(CCC(=O)O)c3cc2Cl)nn1.NC(CO)(CO)CO. The summed E-state index contributed by atoms with van der Waals surface area (Å²) in [6.07, 6.45) is -0.105. The van der Waals surface area contributed by atoms with E-state index in [-0.39, 0.29) is 18.9 Å². The van der Waals surface area contributed by atoms with Crippen molar-refractivity contribution in [3.8, 4) is 5.75 Å². The number of hydrogen-bond acceptors (Lipinski definition) is 10. The Kier molecular flexibility index (Phi) is 9.50. The van der Waals surface area contributed by atoms with Crippen LogP contribution in [0.4, 0.5) is 0 Å². The normalized spacial score (nSPS) is 12.2. The Labute approximate surface area is 194 Å². The maximum Gasteiger partial charge on any atom is 0.303 e. The van der Waals surface area contributed by atoms with E-state index in [1.807, 2.05) is 26.0 Å². The van der Waals surface area contributed by atoms with Crippen molar-refractivity contribution in [1.82, 2.24) is 15.4 Å². The molecule has 12 heteroatoms. The van der Waals surface area contributed by atoms with E-state index in [0.717, 1.165) is 5.69 Å². The van der Waals surface area contributed by atoms with Crippen LogP contribution in [0.2, 0.25) is 5.02 Å². The number of carboxylic acid groups (broad SMARTS) is 1. The lowest BCUT2D eigenvalue weighted by molar-refractivity contribution is -0.136. The van der Waals surface area contributed by atoms with Crippen LogP contribution in [0.3, 0.4) is 0 Å². The average Bonchev–Trinajstić information content (AvgIpc) is 3.19. The molecular formula is C21H27ClN4O7. The Bertz CT molecular complexity index is 1050. The molecule has 1 atom stereocenters. The van der Waals surface area contributed by atoms with Crippen molar-refractivity contribution < 1.29 is 34.5 Å². The molecule has 3 aromatic rings. The van der Waals surface area contributed by atoms with Crippen molar-refractivity contribution in [2.24, 2.45) is 5.73 Å². The molecule has 0 bridgehead atoms. The third kappa shape index (κ3) is 7.34. The highest BCUT2D eigenvalue weighted by atomic mass is 35.5. The molecule has 2 heterocycles. The van der Waals surface area contributed by atoms with Crippen molar-refractivity contribution in [3.05, 3.63) is 46.4 Å². The van der Waals surface area contributed by atoms with Crippen molar-refractivity contribution in [3.63, 3.8) is 0 Å². The lowest BCUT2D eigenvalue weighted by Crippen LogP contribution is -2.50. The minimum absolute atomic E-state index is 0.0272. The number of nitrogens with two attached hydrogens (primary N) is 1. The maximum atomic E-state index is 10.7. The van der Waals surface area contributed by atoms with Gasteiger partial charge in [0.25, 0.3) is 0 Å². The van der Waals surface area contributed by atoms with Crippen LogP contribution in [0.15, 0.2) is 28.8 Å². The zero-order valence-electron chi connectivity index (χ0n) is 18.2. The number of aliphatic carboxylic acids is 1. The topological polar surface area (TPSA) is 185 Å². The van der Waals surface area contributed by atoms with Gasteiger partial charge in [-0.15, -0.1) is 0 Å². The van der Waals surface area contributed by atoms with E-state index in [4.69, 9.17) is 47.0 Å². The van der Waals surface area contributed by atoms with Crippen molar-refractivity contribution in [1.29, 1.82) is 0 Å². The first-order valence-electron chi connectivity index (χ1n) is 10.0. The number of ether oxygens (including phenoxy) is 1. The highest BCUT2D eigenvalue weighted by Crippen LogP contribution is 2.34. The second-order valence-corrected chi connectivity index (χ2v) is 7.91. The number of aryl methyl sites for hydroxylation is 2. The molecule has 0 unspecified atom stereocenters. The second kappa shape index (κ2) is 11.9. The number of halogens is 1. The predicted molar refractivity (Wildman–Crippen MR) is 119 cm³/mol. The molecule has 33 heavy (non-hydrogen) atoms. The van der Waals surface area contributed by atoms with Crippen LogP contribution in [-0.4, -0.2) is 67.1 Å². The third-order valence-electron chi connectivity index (χ3n) is 4.66. The molecule has 0 saturated carbocycles. The van der Waals surface area contributed by atoms with E-state index >= 15 is 0 Å². The lowest BCUT2D eigenvalue weighted by atomic mass is 10.1. The summed E-state index contributed by atoms with van der Waals surface area (Å²) in [5.41, 5.74) is 6.49. The quantitative estimate of drug-likeness (QED) is 0.296. The smallest absolute Gasteiger partial charge is 0.303 e. The highest BCUT2D eigenvalue weighted by Gasteiger charge is 2.21. The Morgan fingerprint density at radius 3 is 2.39 bits per heavy atom. The number of benzene rings is 1. The Balaban J connectivity index is 0.000000414. The molecular weight excluding hydrogens is 456 g/mol. The van der Waals surface area contributed by atoms with Crippen LogP contribution < -0.4 is 10.5 Å². The van der Waals surface area contributed by atoms with Crippen LogP contribution in [0, 0.1) is 6.92 Å². The fraction of sp³-hybridized carbons (Fsp3) is 0.429. The molecule has 0 radical (unpaired) electrons. The molecule has 11 nitrogen and oxygen atoms in total. The fourth-order valence-corrected chi connectivity index (χ4v) is 2.72. The fourth-order valence-electron chi connectivity index (χ4n) is 2.51. The van der Waals surface area contributed by atoms with Crippen LogP contribution in [-0.2, 0) is 11.2 Å². The third-order valence-corrected chi connectivity index (χ3v) is 4.95. The molecule has 2 aromatic heterocycles. The molecule has 3 rings (SSSR count). The Morgan fingerprint density at radius 1 is 1.21 bits per heavy atom. The Hall–Kier alpha value is -2.83. The van der Waals surface area contributed by atoms with Gasteiger partial charge < -0.3 is 35.4 Å². The summed E-state index contributed by atoms with van der Waals surface area (Å²) in [5, 5.41) is 46.9. The van der Waals surface area contributed by atoms with Gasteiger partial charge >= 0.3 is 5.97 Å². The van der Waals surface area contributed by atoms with Gasteiger partial charge in [0.05, 0.1) is 48.2 Å². The van der Waals surface area contributed by atoms with Gasteiger partial charge in [0, 0.05) is 17.9 Å². The predicted octanol–water partition coefficient (Wildman–Crippen LogP) is 1.40. The van der Waals surface area contributed by atoms with Gasteiger partial charge in [-0.05, 0) is 32.0 Å². The zero-order valence-corrected chi connectivity index (χ0v) is 19.0. The van der Waals surface area contributed by atoms with Gasteiger partial charge in [0.1, 0.15) is 17.5 Å². The molecule has 0 aliphatic heterocycles. The first-order valence-corrected chi connectivity index (χ1v) is 10.4. The minimum Gasteiger partial charge on any atom is -0.483 e. The number of aliphatic hydroxyl groups is 3. The van der Waals surface area contributed by atoms with E-state index in [0.29, 0.717) is 33.1 Å². The molecule has 0 amide bonds. The van der Waals surface area contributed by atoms with Gasteiger partial charge in [-0.2, -0.15) is 10.2 Å². The van der Waals surface area contributed by atoms with E-state index in [1.54, 1.807) is 12.1 Å².